The number of fused-ring (bicyclic) bond motifs is 1. The van der Waals surface area contributed by atoms with Gasteiger partial charge in [-0.25, -0.2) is 9.78 Å². The molecule has 39 heavy (non-hydrogen) atoms. The molecule has 0 aliphatic heterocycles. The van der Waals surface area contributed by atoms with Crippen molar-refractivity contribution in [2.75, 3.05) is 17.7 Å². The molecule has 0 aliphatic carbocycles. The Hall–Kier alpha value is -4.37. The number of benzene rings is 3. The zero-order chi connectivity index (χ0) is 27.6. The number of halogens is 1. The maximum absolute atomic E-state index is 12.1. The monoisotopic (exact) mass is 585 g/mol. The molecule has 0 radical (unpaired) electrons. The molecule has 0 bridgehead atoms. The summed E-state index contributed by atoms with van der Waals surface area (Å²) in [4.78, 5) is 17.0. The Morgan fingerprint density at radius 2 is 1.59 bits per heavy atom. The van der Waals surface area contributed by atoms with Crippen LogP contribution in [-0.4, -0.2) is 33.4 Å². The van der Waals surface area contributed by atoms with Crippen LogP contribution < -0.4 is 15.4 Å². The van der Waals surface area contributed by atoms with E-state index in [-0.39, 0.29) is 0 Å². The molecule has 0 fully saturated rings. The van der Waals surface area contributed by atoms with Gasteiger partial charge in [0.05, 0.1) is 29.0 Å². The van der Waals surface area contributed by atoms with Gasteiger partial charge >= 0.3 is 6.09 Å². The number of ether oxygens (including phenoxy) is 2. The molecule has 0 spiro atoms. The SMILES string of the molecule is COc1cccc(-c2ccc(-c3cc4c(Br)cnn4c(Nc4ccc(NC(=O)OC(C)(C)C)cc4)n3)cc2)c1. The number of amides is 1. The van der Waals surface area contributed by atoms with Gasteiger partial charge in [-0.15, -0.1) is 0 Å². The van der Waals surface area contributed by atoms with Gasteiger partial charge in [0.15, 0.2) is 0 Å². The first-order valence-corrected chi connectivity index (χ1v) is 13.1. The molecule has 1 amide bonds. The van der Waals surface area contributed by atoms with Crippen LogP contribution in [0.15, 0.2) is 89.5 Å². The minimum absolute atomic E-state index is 0.502. The summed E-state index contributed by atoms with van der Waals surface area (Å²) >= 11 is 3.60. The molecule has 198 valence electrons. The van der Waals surface area contributed by atoms with Crippen LogP contribution in [0.4, 0.5) is 22.1 Å². The second-order valence-corrected chi connectivity index (χ2v) is 10.7. The standard InChI is InChI=1S/C30H28BrN5O3/c1-30(2,3)39-29(37)34-23-14-12-22(13-15-23)33-28-35-26(17-27-25(31)18-32-36(27)28)20-10-8-19(9-11-20)21-6-5-7-24(16-21)38-4/h5-18H,1-4H3,(H,33,35)(H,34,37). The minimum Gasteiger partial charge on any atom is -0.497 e. The Balaban J connectivity index is 1.40. The highest BCUT2D eigenvalue weighted by atomic mass is 79.9. The smallest absolute Gasteiger partial charge is 0.412 e. The second-order valence-electron chi connectivity index (χ2n) is 9.89. The molecule has 3 aromatic carbocycles. The highest BCUT2D eigenvalue weighted by molar-refractivity contribution is 9.10. The first-order chi connectivity index (χ1) is 18.7. The van der Waals surface area contributed by atoms with E-state index >= 15 is 0 Å². The predicted molar refractivity (Wildman–Crippen MR) is 158 cm³/mol. The molecule has 2 N–H and O–H groups in total. The summed E-state index contributed by atoms with van der Waals surface area (Å²) < 4.78 is 13.3. The van der Waals surface area contributed by atoms with Crippen molar-refractivity contribution in [1.29, 1.82) is 0 Å². The van der Waals surface area contributed by atoms with Gasteiger partial charge < -0.3 is 14.8 Å². The molecule has 9 heteroatoms. The third kappa shape index (κ3) is 6.21. The van der Waals surface area contributed by atoms with Gasteiger partial charge in [0.25, 0.3) is 0 Å². The molecular formula is C30H28BrN5O3. The normalized spacial score (nSPS) is 11.3. The third-order valence-corrected chi connectivity index (χ3v) is 6.44. The van der Waals surface area contributed by atoms with Crippen LogP contribution in [0.5, 0.6) is 5.75 Å². The number of hydrogen-bond donors (Lipinski definition) is 2. The summed E-state index contributed by atoms with van der Waals surface area (Å²) in [5, 5.41) is 10.6. The molecule has 0 saturated carbocycles. The van der Waals surface area contributed by atoms with Crippen molar-refractivity contribution in [2.45, 2.75) is 26.4 Å². The Morgan fingerprint density at radius 1 is 0.897 bits per heavy atom. The molecule has 5 aromatic rings. The molecule has 2 heterocycles. The van der Waals surface area contributed by atoms with Crippen molar-refractivity contribution in [3.63, 3.8) is 0 Å². The third-order valence-electron chi connectivity index (χ3n) is 5.83. The Kier molecular flexibility index (Phi) is 7.26. The highest BCUT2D eigenvalue weighted by Gasteiger charge is 2.16. The van der Waals surface area contributed by atoms with E-state index in [4.69, 9.17) is 14.5 Å². The van der Waals surface area contributed by atoms with Crippen molar-refractivity contribution in [3.8, 4) is 28.1 Å². The van der Waals surface area contributed by atoms with E-state index in [1.165, 1.54) is 0 Å². The van der Waals surface area contributed by atoms with E-state index in [1.807, 2.05) is 57.2 Å². The highest BCUT2D eigenvalue weighted by Crippen LogP contribution is 2.30. The van der Waals surface area contributed by atoms with Crippen LogP contribution in [0, 0.1) is 0 Å². The molecule has 2 aromatic heterocycles. The van der Waals surface area contributed by atoms with Crippen LogP contribution in [-0.2, 0) is 4.74 Å². The first kappa shape index (κ1) is 26.2. The van der Waals surface area contributed by atoms with E-state index in [1.54, 1.807) is 30.0 Å². The lowest BCUT2D eigenvalue weighted by Crippen LogP contribution is -2.27. The fourth-order valence-corrected chi connectivity index (χ4v) is 4.39. The summed E-state index contributed by atoms with van der Waals surface area (Å²) in [6.45, 7) is 5.47. The first-order valence-electron chi connectivity index (χ1n) is 12.3. The maximum atomic E-state index is 12.1. The lowest BCUT2D eigenvalue weighted by molar-refractivity contribution is 0.0636. The van der Waals surface area contributed by atoms with Crippen LogP contribution in [0.1, 0.15) is 20.8 Å². The summed E-state index contributed by atoms with van der Waals surface area (Å²) in [5.74, 6) is 1.37. The second kappa shape index (κ2) is 10.8. The van der Waals surface area contributed by atoms with Crippen LogP contribution in [0.3, 0.4) is 0 Å². The fraction of sp³-hybridized carbons (Fsp3) is 0.167. The summed E-state index contributed by atoms with van der Waals surface area (Å²) in [6.07, 6.45) is 1.24. The van der Waals surface area contributed by atoms with Crippen molar-refractivity contribution in [2.24, 2.45) is 0 Å². The minimum atomic E-state index is -0.568. The van der Waals surface area contributed by atoms with E-state index in [0.717, 1.165) is 43.8 Å². The quantitative estimate of drug-likeness (QED) is 0.210. The molecule has 0 saturated heterocycles. The van der Waals surface area contributed by atoms with Gasteiger partial charge in [-0.2, -0.15) is 9.61 Å². The molecular weight excluding hydrogens is 558 g/mol. The van der Waals surface area contributed by atoms with E-state index in [2.05, 4.69) is 62.0 Å². The molecule has 0 unspecified atom stereocenters. The van der Waals surface area contributed by atoms with Gasteiger partial charge in [-0.05, 0) is 90.3 Å². The molecule has 8 nitrogen and oxygen atoms in total. The Morgan fingerprint density at radius 3 is 2.28 bits per heavy atom. The maximum Gasteiger partial charge on any atom is 0.412 e. The topological polar surface area (TPSA) is 89.8 Å². The van der Waals surface area contributed by atoms with Crippen molar-refractivity contribution >= 4 is 44.9 Å². The van der Waals surface area contributed by atoms with Gasteiger partial charge in [0.2, 0.25) is 5.95 Å². The number of nitrogens with one attached hydrogen (secondary N) is 2. The number of anilines is 3. The molecule has 0 atom stereocenters. The van der Waals surface area contributed by atoms with Crippen LogP contribution >= 0.6 is 15.9 Å². The number of hydrogen-bond acceptors (Lipinski definition) is 6. The number of carbonyl (C=O) groups is 1. The number of methoxy groups -OCH3 is 1. The Bertz CT molecular complexity index is 1620. The fourth-order valence-electron chi connectivity index (χ4n) is 4.01. The summed E-state index contributed by atoms with van der Waals surface area (Å²) in [7, 11) is 1.67. The van der Waals surface area contributed by atoms with Gasteiger partial charge in [-0.1, -0.05) is 36.4 Å². The van der Waals surface area contributed by atoms with Gasteiger partial charge in [-0.3, -0.25) is 5.32 Å². The van der Waals surface area contributed by atoms with Crippen molar-refractivity contribution in [3.05, 3.63) is 89.5 Å². The lowest BCUT2D eigenvalue weighted by atomic mass is 10.0. The summed E-state index contributed by atoms with van der Waals surface area (Å²) in [5.41, 5.74) is 5.65. The lowest BCUT2D eigenvalue weighted by Gasteiger charge is -2.19. The van der Waals surface area contributed by atoms with E-state index in [9.17, 15) is 4.79 Å². The van der Waals surface area contributed by atoms with Crippen LogP contribution in [0.25, 0.3) is 27.9 Å². The average molecular weight is 586 g/mol. The predicted octanol–water partition coefficient (Wildman–Crippen LogP) is 7.93. The van der Waals surface area contributed by atoms with Gasteiger partial charge in [0.1, 0.15) is 11.4 Å². The average Bonchev–Trinajstić information content (AvgIpc) is 3.29. The molecule has 0 aliphatic rings. The van der Waals surface area contributed by atoms with Gasteiger partial charge in [0, 0.05) is 16.9 Å². The molecule has 5 rings (SSSR count). The zero-order valence-electron chi connectivity index (χ0n) is 22.0. The largest absolute Gasteiger partial charge is 0.497 e. The number of carbonyl (C=O) groups excluding carboxylic acids is 1. The summed E-state index contributed by atoms with van der Waals surface area (Å²) in [6, 6.07) is 25.5. The van der Waals surface area contributed by atoms with Crippen molar-refractivity contribution in [1.82, 2.24) is 14.6 Å². The van der Waals surface area contributed by atoms with E-state index < -0.39 is 11.7 Å². The van der Waals surface area contributed by atoms with Crippen LogP contribution in [0.2, 0.25) is 0 Å². The number of aromatic nitrogens is 3. The number of rotatable bonds is 6. The number of nitrogens with zero attached hydrogens (tertiary/aromatic N) is 3. The van der Waals surface area contributed by atoms with Crippen molar-refractivity contribution < 1.29 is 14.3 Å². The Labute approximate surface area is 235 Å². The van der Waals surface area contributed by atoms with E-state index in [0.29, 0.717) is 11.6 Å². The zero-order valence-corrected chi connectivity index (χ0v) is 23.6.